The first-order valence-electron chi connectivity index (χ1n) is 8.59. The predicted molar refractivity (Wildman–Crippen MR) is 96.4 cm³/mol. The van der Waals surface area contributed by atoms with E-state index in [2.05, 4.69) is 37.8 Å². The van der Waals surface area contributed by atoms with Crippen molar-refractivity contribution in [2.75, 3.05) is 13.1 Å². The Labute approximate surface area is 151 Å². The zero-order valence-electron chi connectivity index (χ0n) is 14.3. The number of pyridine rings is 1. The molecule has 1 fully saturated rings. The van der Waals surface area contributed by atoms with Crippen molar-refractivity contribution >= 4 is 5.91 Å². The maximum Gasteiger partial charge on any atom is 0.229 e. The standard InChI is InChI=1S/C19H20N6O/c26-18(19(11-20-12-19)9-15-5-2-1-3-6-15)23-10-16-7-4-8-22-17(16)25-14-21-13-24-25/h1-8,13-14,20H,9-12H2,(H,23,26). The molecular weight excluding hydrogens is 328 g/mol. The van der Waals surface area contributed by atoms with Crippen molar-refractivity contribution in [3.05, 3.63) is 72.4 Å². The molecule has 4 rings (SSSR count). The molecule has 0 aliphatic carbocycles. The van der Waals surface area contributed by atoms with Crippen LogP contribution in [0.5, 0.6) is 0 Å². The lowest BCUT2D eigenvalue weighted by molar-refractivity contribution is -0.134. The van der Waals surface area contributed by atoms with Crippen LogP contribution in [0.25, 0.3) is 5.82 Å². The SMILES string of the molecule is O=C(NCc1cccnc1-n1cncn1)C1(Cc2ccccc2)CNC1. The van der Waals surface area contributed by atoms with Gasteiger partial charge in [0.25, 0.3) is 0 Å². The number of rotatable bonds is 6. The average molecular weight is 348 g/mol. The van der Waals surface area contributed by atoms with Gasteiger partial charge in [-0.05, 0) is 18.1 Å². The molecule has 7 heteroatoms. The van der Waals surface area contributed by atoms with E-state index in [-0.39, 0.29) is 5.91 Å². The summed E-state index contributed by atoms with van der Waals surface area (Å²) < 4.78 is 1.60. The molecule has 1 aliphatic heterocycles. The number of aromatic nitrogens is 4. The maximum atomic E-state index is 12.9. The van der Waals surface area contributed by atoms with Crippen LogP contribution in [0, 0.1) is 5.41 Å². The van der Waals surface area contributed by atoms with E-state index in [4.69, 9.17) is 0 Å². The normalized spacial score (nSPS) is 15.2. The highest BCUT2D eigenvalue weighted by atomic mass is 16.2. The predicted octanol–water partition coefficient (Wildman–Crippen LogP) is 1.11. The van der Waals surface area contributed by atoms with Gasteiger partial charge in [0.15, 0.2) is 5.82 Å². The number of hydrogen-bond donors (Lipinski definition) is 2. The second kappa shape index (κ2) is 7.05. The first-order valence-corrected chi connectivity index (χ1v) is 8.59. The van der Waals surface area contributed by atoms with Crippen molar-refractivity contribution in [3.8, 4) is 5.82 Å². The zero-order chi connectivity index (χ0) is 17.8. The van der Waals surface area contributed by atoms with Crippen LogP contribution in [0.1, 0.15) is 11.1 Å². The monoisotopic (exact) mass is 348 g/mol. The van der Waals surface area contributed by atoms with E-state index in [9.17, 15) is 4.79 Å². The summed E-state index contributed by atoms with van der Waals surface area (Å²) in [7, 11) is 0. The van der Waals surface area contributed by atoms with Gasteiger partial charge < -0.3 is 10.6 Å². The van der Waals surface area contributed by atoms with Gasteiger partial charge in [0.05, 0.1) is 5.41 Å². The first kappa shape index (κ1) is 16.4. The van der Waals surface area contributed by atoms with E-state index in [1.165, 1.54) is 11.9 Å². The van der Waals surface area contributed by atoms with Gasteiger partial charge in [0.1, 0.15) is 12.7 Å². The van der Waals surface area contributed by atoms with E-state index in [0.29, 0.717) is 25.5 Å². The third-order valence-electron chi connectivity index (χ3n) is 4.74. The minimum absolute atomic E-state index is 0.0634. The minimum Gasteiger partial charge on any atom is -0.351 e. The third kappa shape index (κ3) is 3.21. The summed E-state index contributed by atoms with van der Waals surface area (Å²) in [6, 6.07) is 13.9. The maximum absolute atomic E-state index is 12.9. The highest BCUT2D eigenvalue weighted by Gasteiger charge is 2.44. The molecule has 0 unspecified atom stereocenters. The lowest BCUT2D eigenvalue weighted by atomic mass is 9.75. The van der Waals surface area contributed by atoms with Gasteiger partial charge in [-0.3, -0.25) is 4.79 Å². The molecule has 1 aliphatic rings. The number of carbonyl (C=O) groups excluding carboxylic acids is 1. The van der Waals surface area contributed by atoms with Crippen LogP contribution in [0.15, 0.2) is 61.3 Å². The third-order valence-corrected chi connectivity index (χ3v) is 4.74. The van der Waals surface area contributed by atoms with Crippen molar-refractivity contribution in [3.63, 3.8) is 0 Å². The zero-order valence-corrected chi connectivity index (χ0v) is 14.3. The Bertz CT molecular complexity index is 874. The summed E-state index contributed by atoms with van der Waals surface area (Å²) in [6.07, 6.45) is 5.50. The van der Waals surface area contributed by atoms with Crippen LogP contribution in [-0.4, -0.2) is 38.7 Å². The molecule has 132 valence electrons. The molecule has 0 atom stereocenters. The quantitative estimate of drug-likeness (QED) is 0.697. The number of carbonyl (C=O) groups is 1. The van der Waals surface area contributed by atoms with Gasteiger partial charge in [0.2, 0.25) is 5.91 Å². The van der Waals surface area contributed by atoms with Crippen molar-refractivity contribution in [2.24, 2.45) is 5.41 Å². The molecule has 3 aromatic rings. The van der Waals surface area contributed by atoms with Gasteiger partial charge in [-0.15, -0.1) is 0 Å². The van der Waals surface area contributed by atoms with Crippen LogP contribution in [0.4, 0.5) is 0 Å². The fourth-order valence-corrected chi connectivity index (χ4v) is 3.23. The number of amides is 1. The number of nitrogens with one attached hydrogen (secondary N) is 2. The summed E-state index contributed by atoms with van der Waals surface area (Å²) in [5.74, 6) is 0.739. The molecular formula is C19H20N6O. The molecule has 1 aromatic carbocycles. The van der Waals surface area contributed by atoms with E-state index in [1.807, 2.05) is 30.3 Å². The molecule has 0 saturated carbocycles. The van der Waals surface area contributed by atoms with Crippen molar-refractivity contribution in [2.45, 2.75) is 13.0 Å². The van der Waals surface area contributed by atoms with E-state index >= 15 is 0 Å². The lowest BCUT2D eigenvalue weighted by Crippen LogP contribution is -2.62. The molecule has 1 saturated heterocycles. The fourth-order valence-electron chi connectivity index (χ4n) is 3.23. The second-order valence-electron chi connectivity index (χ2n) is 6.56. The molecule has 26 heavy (non-hydrogen) atoms. The smallest absolute Gasteiger partial charge is 0.229 e. The van der Waals surface area contributed by atoms with Crippen molar-refractivity contribution in [1.29, 1.82) is 0 Å². The van der Waals surface area contributed by atoms with E-state index < -0.39 is 5.41 Å². The first-order chi connectivity index (χ1) is 12.8. The van der Waals surface area contributed by atoms with Crippen LogP contribution in [-0.2, 0) is 17.8 Å². The van der Waals surface area contributed by atoms with Crippen LogP contribution in [0.2, 0.25) is 0 Å². The summed E-state index contributed by atoms with van der Waals surface area (Å²) in [4.78, 5) is 21.2. The van der Waals surface area contributed by atoms with Crippen molar-refractivity contribution < 1.29 is 4.79 Å². The summed E-state index contributed by atoms with van der Waals surface area (Å²) in [5.41, 5.74) is 1.68. The van der Waals surface area contributed by atoms with Gasteiger partial charge >= 0.3 is 0 Å². The number of hydrogen-bond acceptors (Lipinski definition) is 5. The Balaban J connectivity index is 1.47. The summed E-state index contributed by atoms with van der Waals surface area (Å²) >= 11 is 0. The topological polar surface area (TPSA) is 84.7 Å². The minimum atomic E-state index is -0.392. The molecule has 3 heterocycles. The van der Waals surface area contributed by atoms with Gasteiger partial charge in [-0.2, -0.15) is 5.10 Å². The van der Waals surface area contributed by atoms with E-state index in [0.717, 1.165) is 12.0 Å². The highest BCUT2D eigenvalue weighted by molar-refractivity contribution is 5.84. The molecule has 2 aromatic heterocycles. The number of benzene rings is 1. The Kier molecular flexibility index (Phi) is 4.45. The van der Waals surface area contributed by atoms with Crippen LogP contribution >= 0.6 is 0 Å². The van der Waals surface area contributed by atoms with Crippen LogP contribution in [0.3, 0.4) is 0 Å². The molecule has 1 amide bonds. The van der Waals surface area contributed by atoms with Gasteiger partial charge in [-0.25, -0.2) is 14.6 Å². The molecule has 0 bridgehead atoms. The van der Waals surface area contributed by atoms with Crippen molar-refractivity contribution in [1.82, 2.24) is 30.4 Å². The van der Waals surface area contributed by atoms with E-state index in [1.54, 1.807) is 17.2 Å². The van der Waals surface area contributed by atoms with Crippen LogP contribution < -0.4 is 10.6 Å². The highest BCUT2D eigenvalue weighted by Crippen LogP contribution is 2.28. The van der Waals surface area contributed by atoms with Gasteiger partial charge in [0, 0.05) is 31.4 Å². The Hall–Kier alpha value is -3.06. The Morgan fingerprint density at radius 1 is 1.19 bits per heavy atom. The lowest BCUT2D eigenvalue weighted by Gasteiger charge is -2.41. The Morgan fingerprint density at radius 3 is 2.73 bits per heavy atom. The molecule has 0 spiro atoms. The molecule has 0 radical (unpaired) electrons. The largest absolute Gasteiger partial charge is 0.351 e. The number of nitrogens with zero attached hydrogens (tertiary/aromatic N) is 4. The average Bonchev–Trinajstić information content (AvgIpc) is 3.18. The fraction of sp³-hybridized carbons (Fsp3) is 0.263. The second-order valence-corrected chi connectivity index (χ2v) is 6.56. The Morgan fingerprint density at radius 2 is 2.04 bits per heavy atom. The summed E-state index contributed by atoms with van der Waals surface area (Å²) in [5, 5.41) is 10.5. The van der Waals surface area contributed by atoms with Gasteiger partial charge in [-0.1, -0.05) is 36.4 Å². The summed E-state index contributed by atoms with van der Waals surface area (Å²) in [6.45, 7) is 1.78. The molecule has 2 N–H and O–H groups in total. The molecule has 7 nitrogen and oxygen atoms in total.